The first-order valence-corrected chi connectivity index (χ1v) is 8.00. The van der Waals surface area contributed by atoms with E-state index in [4.69, 9.17) is 9.15 Å². The van der Waals surface area contributed by atoms with Crippen molar-refractivity contribution in [3.05, 3.63) is 64.6 Å². The van der Waals surface area contributed by atoms with Gasteiger partial charge in [-0.3, -0.25) is 10.1 Å². The van der Waals surface area contributed by atoms with Crippen molar-refractivity contribution < 1.29 is 13.9 Å². The predicted molar refractivity (Wildman–Crippen MR) is 89.0 cm³/mol. The van der Waals surface area contributed by atoms with Crippen molar-refractivity contribution in [1.29, 1.82) is 0 Å². The lowest BCUT2D eigenvalue weighted by Crippen LogP contribution is -2.10. The van der Waals surface area contributed by atoms with Gasteiger partial charge < -0.3 is 9.15 Å². The number of ether oxygens (including phenoxy) is 1. The number of rotatable bonds is 5. The number of aromatic nitrogens is 1. The number of hydrogen-bond acceptors (Lipinski definition) is 5. The number of nitrogens with one attached hydrogen (secondary N) is 1. The van der Waals surface area contributed by atoms with Gasteiger partial charge in [0, 0.05) is 5.38 Å². The molecule has 0 spiro atoms. The maximum atomic E-state index is 12.1. The number of anilines is 1. The second-order valence-corrected chi connectivity index (χ2v) is 5.98. The average molecular weight is 328 g/mol. The Hall–Kier alpha value is -2.60. The summed E-state index contributed by atoms with van der Waals surface area (Å²) in [6.07, 6.45) is 0. The van der Waals surface area contributed by atoms with Crippen LogP contribution in [0.3, 0.4) is 0 Å². The van der Waals surface area contributed by atoms with Gasteiger partial charge in [0.15, 0.2) is 10.9 Å². The second kappa shape index (κ2) is 6.66. The van der Waals surface area contributed by atoms with E-state index in [1.54, 1.807) is 12.1 Å². The molecule has 23 heavy (non-hydrogen) atoms. The summed E-state index contributed by atoms with van der Waals surface area (Å²) in [5, 5.41) is 5.14. The minimum atomic E-state index is -0.318. The van der Waals surface area contributed by atoms with Gasteiger partial charge in [-0.25, -0.2) is 4.98 Å². The van der Waals surface area contributed by atoms with Crippen LogP contribution in [0.15, 0.2) is 46.2 Å². The zero-order valence-electron chi connectivity index (χ0n) is 12.8. The van der Waals surface area contributed by atoms with Crippen LogP contribution in [0.5, 0.6) is 5.75 Å². The van der Waals surface area contributed by atoms with E-state index in [0.717, 1.165) is 17.0 Å². The second-order valence-electron chi connectivity index (χ2n) is 5.12. The van der Waals surface area contributed by atoms with Crippen LogP contribution in [0.25, 0.3) is 0 Å². The van der Waals surface area contributed by atoms with Crippen molar-refractivity contribution >= 4 is 22.4 Å². The van der Waals surface area contributed by atoms with Gasteiger partial charge in [-0.05, 0) is 43.7 Å². The minimum Gasteiger partial charge on any atom is -0.486 e. The van der Waals surface area contributed by atoms with Crippen molar-refractivity contribution in [3.63, 3.8) is 0 Å². The molecule has 2 heterocycles. The Morgan fingerprint density at radius 2 is 2.17 bits per heavy atom. The van der Waals surface area contributed by atoms with Gasteiger partial charge >= 0.3 is 0 Å². The SMILES string of the molecule is Cc1cccc(OCc2ccc(C(=O)Nc3nc(C)cs3)o2)c1. The molecule has 6 heteroatoms. The summed E-state index contributed by atoms with van der Waals surface area (Å²) < 4.78 is 11.2. The molecule has 1 aromatic carbocycles. The van der Waals surface area contributed by atoms with E-state index in [1.165, 1.54) is 11.3 Å². The molecule has 0 saturated carbocycles. The van der Waals surface area contributed by atoms with Gasteiger partial charge in [-0.2, -0.15) is 0 Å². The molecule has 0 aliphatic rings. The first-order chi connectivity index (χ1) is 11.1. The highest BCUT2D eigenvalue weighted by atomic mass is 32.1. The van der Waals surface area contributed by atoms with Crippen LogP contribution >= 0.6 is 11.3 Å². The van der Waals surface area contributed by atoms with E-state index in [-0.39, 0.29) is 18.3 Å². The maximum absolute atomic E-state index is 12.1. The van der Waals surface area contributed by atoms with Gasteiger partial charge in [-0.15, -0.1) is 11.3 Å². The molecule has 0 radical (unpaired) electrons. The monoisotopic (exact) mass is 328 g/mol. The Labute approximate surface area is 137 Å². The minimum absolute atomic E-state index is 0.237. The van der Waals surface area contributed by atoms with Crippen LogP contribution in [0.4, 0.5) is 5.13 Å². The van der Waals surface area contributed by atoms with Crippen molar-refractivity contribution in [2.45, 2.75) is 20.5 Å². The number of aryl methyl sites for hydroxylation is 2. The number of nitrogens with zero attached hydrogens (tertiary/aromatic N) is 1. The first-order valence-electron chi connectivity index (χ1n) is 7.12. The largest absolute Gasteiger partial charge is 0.486 e. The molecular weight excluding hydrogens is 312 g/mol. The Bertz CT molecular complexity index is 823. The molecule has 0 unspecified atom stereocenters. The lowest BCUT2D eigenvalue weighted by molar-refractivity contribution is 0.0992. The summed E-state index contributed by atoms with van der Waals surface area (Å²) >= 11 is 1.38. The lowest BCUT2D eigenvalue weighted by atomic mass is 10.2. The van der Waals surface area contributed by atoms with Crippen LogP contribution in [0.2, 0.25) is 0 Å². The summed E-state index contributed by atoms with van der Waals surface area (Å²) in [5.41, 5.74) is 2.00. The fraction of sp³-hybridized carbons (Fsp3) is 0.176. The zero-order chi connectivity index (χ0) is 16.2. The van der Waals surface area contributed by atoms with Crippen LogP contribution in [0, 0.1) is 13.8 Å². The Balaban J connectivity index is 1.60. The molecule has 0 aliphatic heterocycles. The van der Waals surface area contributed by atoms with E-state index in [1.807, 2.05) is 43.5 Å². The molecule has 5 nitrogen and oxygen atoms in total. The van der Waals surface area contributed by atoms with Crippen LogP contribution < -0.4 is 10.1 Å². The van der Waals surface area contributed by atoms with Crippen molar-refractivity contribution in [2.75, 3.05) is 5.32 Å². The molecule has 1 N–H and O–H groups in total. The molecule has 0 saturated heterocycles. The molecule has 0 fully saturated rings. The number of amides is 1. The van der Waals surface area contributed by atoms with Crippen LogP contribution in [-0.4, -0.2) is 10.9 Å². The van der Waals surface area contributed by atoms with Gasteiger partial charge in [0.2, 0.25) is 0 Å². The fourth-order valence-electron chi connectivity index (χ4n) is 2.01. The molecular formula is C17H16N2O3S. The highest BCUT2D eigenvalue weighted by Gasteiger charge is 2.13. The number of furan rings is 1. The van der Waals surface area contributed by atoms with E-state index in [9.17, 15) is 4.79 Å². The van der Waals surface area contributed by atoms with Crippen molar-refractivity contribution in [1.82, 2.24) is 4.98 Å². The Morgan fingerprint density at radius 3 is 2.91 bits per heavy atom. The van der Waals surface area contributed by atoms with Crippen LogP contribution in [0.1, 0.15) is 27.6 Å². The number of benzene rings is 1. The van der Waals surface area contributed by atoms with Gasteiger partial charge in [0.25, 0.3) is 5.91 Å². The Kier molecular flexibility index (Phi) is 4.43. The smallest absolute Gasteiger partial charge is 0.293 e. The molecule has 0 aliphatic carbocycles. The highest BCUT2D eigenvalue weighted by Crippen LogP contribution is 2.18. The standard InChI is InChI=1S/C17H16N2O3S/c1-11-4-3-5-13(8-11)21-9-14-6-7-15(22-14)16(20)19-17-18-12(2)10-23-17/h3-8,10H,9H2,1-2H3,(H,18,19,20). The molecule has 118 valence electrons. The van der Waals surface area contributed by atoms with Crippen LogP contribution in [-0.2, 0) is 6.61 Å². The average Bonchev–Trinajstić information content (AvgIpc) is 3.14. The summed E-state index contributed by atoms with van der Waals surface area (Å²) in [4.78, 5) is 16.3. The summed E-state index contributed by atoms with van der Waals surface area (Å²) in [7, 11) is 0. The van der Waals surface area contributed by atoms with E-state index in [2.05, 4.69) is 10.3 Å². The summed E-state index contributed by atoms with van der Waals surface area (Å²) in [6, 6.07) is 11.1. The molecule has 0 atom stereocenters. The van der Waals surface area contributed by atoms with Gasteiger partial charge in [-0.1, -0.05) is 12.1 Å². The van der Waals surface area contributed by atoms with E-state index < -0.39 is 0 Å². The highest BCUT2D eigenvalue weighted by molar-refractivity contribution is 7.13. The van der Waals surface area contributed by atoms with Gasteiger partial charge in [0.05, 0.1) is 5.69 Å². The Morgan fingerprint density at radius 1 is 1.30 bits per heavy atom. The zero-order valence-corrected chi connectivity index (χ0v) is 13.6. The quantitative estimate of drug-likeness (QED) is 0.763. The van der Waals surface area contributed by atoms with E-state index >= 15 is 0 Å². The third-order valence-corrected chi connectivity index (χ3v) is 3.97. The van der Waals surface area contributed by atoms with E-state index in [0.29, 0.717) is 10.9 Å². The molecule has 3 aromatic rings. The summed E-state index contributed by atoms with van der Waals surface area (Å²) in [6.45, 7) is 4.15. The predicted octanol–water partition coefficient (Wildman–Crippen LogP) is 4.18. The van der Waals surface area contributed by atoms with Crippen molar-refractivity contribution in [2.24, 2.45) is 0 Å². The normalized spacial score (nSPS) is 10.5. The topological polar surface area (TPSA) is 64.4 Å². The third-order valence-electron chi connectivity index (χ3n) is 3.10. The molecule has 0 bridgehead atoms. The molecule has 2 aromatic heterocycles. The lowest BCUT2D eigenvalue weighted by Gasteiger charge is -2.04. The van der Waals surface area contributed by atoms with Gasteiger partial charge in [0.1, 0.15) is 18.1 Å². The first kappa shape index (κ1) is 15.3. The number of hydrogen-bond donors (Lipinski definition) is 1. The number of thiazole rings is 1. The molecule has 3 rings (SSSR count). The maximum Gasteiger partial charge on any atom is 0.293 e. The number of carbonyl (C=O) groups is 1. The summed E-state index contributed by atoms with van der Waals surface area (Å²) in [5.74, 6) is 1.28. The fourth-order valence-corrected chi connectivity index (χ4v) is 2.69. The van der Waals surface area contributed by atoms with Crippen molar-refractivity contribution in [3.8, 4) is 5.75 Å². The molecule has 1 amide bonds. The number of carbonyl (C=O) groups excluding carboxylic acids is 1. The third kappa shape index (κ3) is 3.98.